The fourth-order valence-electron chi connectivity index (χ4n) is 2.11. The highest BCUT2D eigenvalue weighted by atomic mass is 35.5. The third kappa shape index (κ3) is 4.16. The Labute approximate surface area is 122 Å². The van der Waals surface area contributed by atoms with E-state index in [2.05, 4.69) is 5.32 Å². The highest BCUT2D eigenvalue weighted by molar-refractivity contribution is 6.31. The lowest BCUT2D eigenvalue weighted by Crippen LogP contribution is -2.44. The van der Waals surface area contributed by atoms with Crippen LogP contribution in [0.25, 0.3) is 0 Å². The maximum absolute atomic E-state index is 13.0. The van der Waals surface area contributed by atoms with E-state index in [-0.39, 0.29) is 17.8 Å². The number of benzene rings is 1. The standard InChI is InChI=1S/C14H18ClFN2O2/c1-18(8-10-2-3-11(16)6-13(10)15)14(19)7-12-9-20-5-4-17-12/h2-3,6,12,17H,4-5,7-9H2,1H3. The average Bonchev–Trinajstić information content (AvgIpc) is 2.43. The quantitative estimate of drug-likeness (QED) is 0.922. The van der Waals surface area contributed by atoms with Gasteiger partial charge >= 0.3 is 0 Å². The molecule has 20 heavy (non-hydrogen) atoms. The number of carbonyl (C=O) groups excluding carboxylic acids is 1. The van der Waals surface area contributed by atoms with Gasteiger partial charge in [0, 0.05) is 37.6 Å². The Morgan fingerprint density at radius 1 is 1.60 bits per heavy atom. The number of ether oxygens (including phenoxy) is 1. The first-order valence-electron chi connectivity index (χ1n) is 6.55. The van der Waals surface area contributed by atoms with Crippen molar-refractivity contribution in [2.24, 2.45) is 0 Å². The van der Waals surface area contributed by atoms with Crippen molar-refractivity contribution >= 4 is 17.5 Å². The topological polar surface area (TPSA) is 41.6 Å². The van der Waals surface area contributed by atoms with Gasteiger partial charge in [0.25, 0.3) is 0 Å². The molecule has 6 heteroatoms. The van der Waals surface area contributed by atoms with E-state index in [0.29, 0.717) is 31.2 Å². The molecule has 1 heterocycles. The largest absolute Gasteiger partial charge is 0.378 e. The molecule has 110 valence electrons. The van der Waals surface area contributed by atoms with Crippen molar-refractivity contribution in [3.63, 3.8) is 0 Å². The molecule has 0 spiro atoms. The van der Waals surface area contributed by atoms with Crippen LogP contribution in [0.15, 0.2) is 18.2 Å². The second kappa shape index (κ2) is 7.02. The summed E-state index contributed by atoms with van der Waals surface area (Å²) < 4.78 is 18.3. The molecule has 1 amide bonds. The van der Waals surface area contributed by atoms with Crippen molar-refractivity contribution in [1.82, 2.24) is 10.2 Å². The first kappa shape index (κ1) is 15.2. The summed E-state index contributed by atoms with van der Waals surface area (Å²) in [5, 5.41) is 3.58. The molecule has 1 aliphatic heterocycles. The van der Waals surface area contributed by atoms with Crippen LogP contribution in [0.3, 0.4) is 0 Å². The van der Waals surface area contributed by atoms with Crippen LogP contribution in [0.5, 0.6) is 0 Å². The van der Waals surface area contributed by atoms with E-state index >= 15 is 0 Å². The van der Waals surface area contributed by atoms with E-state index in [0.717, 1.165) is 12.1 Å². The monoisotopic (exact) mass is 300 g/mol. The number of morpholine rings is 1. The first-order chi connectivity index (χ1) is 9.56. The predicted molar refractivity (Wildman–Crippen MR) is 75.1 cm³/mol. The molecule has 2 rings (SSSR count). The summed E-state index contributed by atoms with van der Waals surface area (Å²) in [6, 6.07) is 4.26. The lowest BCUT2D eigenvalue weighted by molar-refractivity contribution is -0.131. The summed E-state index contributed by atoms with van der Waals surface area (Å²) in [6.07, 6.45) is 0.384. The molecule has 1 unspecified atom stereocenters. The smallest absolute Gasteiger partial charge is 0.224 e. The van der Waals surface area contributed by atoms with Crippen LogP contribution in [0, 0.1) is 5.82 Å². The third-order valence-electron chi connectivity index (χ3n) is 3.27. The van der Waals surface area contributed by atoms with E-state index in [4.69, 9.17) is 16.3 Å². The van der Waals surface area contributed by atoms with E-state index in [1.165, 1.54) is 12.1 Å². The van der Waals surface area contributed by atoms with E-state index in [1.807, 2.05) is 0 Å². The molecule has 4 nitrogen and oxygen atoms in total. The summed E-state index contributed by atoms with van der Waals surface area (Å²) in [7, 11) is 1.71. The molecule has 0 radical (unpaired) electrons. The van der Waals surface area contributed by atoms with Gasteiger partial charge in [-0.2, -0.15) is 0 Å². The molecule has 1 atom stereocenters. The number of hydrogen-bond acceptors (Lipinski definition) is 3. The van der Waals surface area contributed by atoms with E-state index in [9.17, 15) is 9.18 Å². The summed E-state index contributed by atoms with van der Waals surface area (Å²) >= 11 is 5.96. The summed E-state index contributed by atoms with van der Waals surface area (Å²) in [5.41, 5.74) is 0.733. The van der Waals surface area contributed by atoms with Gasteiger partial charge in [0.15, 0.2) is 0 Å². The molecule has 0 saturated carbocycles. The van der Waals surface area contributed by atoms with Gasteiger partial charge in [-0.1, -0.05) is 17.7 Å². The van der Waals surface area contributed by atoms with Crippen molar-refractivity contribution in [1.29, 1.82) is 0 Å². The summed E-state index contributed by atoms with van der Waals surface area (Å²) in [4.78, 5) is 13.7. The maximum Gasteiger partial charge on any atom is 0.224 e. The van der Waals surface area contributed by atoms with E-state index in [1.54, 1.807) is 18.0 Å². The average molecular weight is 301 g/mol. The number of hydrogen-bond donors (Lipinski definition) is 1. The SMILES string of the molecule is CN(Cc1ccc(F)cc1Cl)C(=O)CC1COCCN1. The summed E-state index contributed by atoms with van der Waals surface area (Å²) in [6.45, 7) is 2.37. The first-order valence-corrected chi connectivity index (χ1v) is 6.93. The van der Waals surface area contributed by atoms with Crippen LogP contribution in [0.1, 0.15) is 12.0 Å². The maximum atomic E-state index is 13.0. The minimum Gasteiger partial charge on any atom is -0.378 e. The lowest BCUT2D eigenvalue weighted by atomic mass is 10.1. The second-order valence-corrected chi connectivity index (χ2v) is 5.32. The molecule has 1 fully saturated rings. The van der Waals surface area contributed by atoms with Crippen LogP contribution in [-0.2, 0) is 16.1 Å². The minimum absolute atomic E-state index is 0.00777. The fraction of sp³-hybridized carbons (Fsp3) is 0.500. The molecule has 1 saturated heterocycles. The van der Waals surface area contributed by atoms with Crippen LogP contribution < -0.4 is 5.32 Å². The van der Waals surface area contributed by atoms with E-state index < -0.39 is 0 Å². The Balaban J connectivity index is 1.89. The van der Waals surface area contributed by atoms with Crippen LogP contribution in [0.2, 0.25) is 5.02 Å². The van der Waals surface area contributed by atoms with Gasteiger partial charge in [-0.3, -0.25) is 4.79 Å². The molecule has 1 aromatic rings. The van der Waals surface area contributed by atoms with Gasteiger partial charge in [0.1, 0.15) is 5.82 Å². The van der Waals surface area contributed by atoms with Crippen molar-refractivity contribution in [3.8, 4) is 0 Å². The molecular formula is C14H18ClFN2O2. The zero-order valence-corrected chi connectivity index (χ0v) is 12.1. The van der Waals surface area contributed by atoms with Gasteiger partial charge in [-0.25, -0.2) is 4.39 Å². The highest BCUT2D eigenvalue weighted by Crippen LogP contribution is 2.19. The number of halogens is 2. The van der Waals surface area contributed by atoms with Crippen LogP contribution in [-0.4, -0.2) is 43.7 Å². The Morgan fingerprint density at radius 2 is 2.40 bits per heavy atom. The Morgan fingerprint density at radius 3 is 3.05 bits per heavy atom. The molecule has 0 aromatic heterocycles. The zero-order chi connectivity index (χ0) is 14.5. The number of nitrogens with zero attached hydrogens (tertiary/aromatic N) is 1. The van der Waals surface area contributed by atoms with Gasteiger partial charge in [0.05, 0.1) is 13.2 Å². The summed E-state index contributed by atoms with van der Waals surface area (Å²) in [5.74, 6) is -0.371. The highest BCUT2D eigenvalue weighted by Gasteiger charge is 2.19. The number of carbonyl (C=O) groups is 1. The normalized spacial score (nSPS) is 18.9. The van der Waals surface area contributed by atoms with Gasteiger partial charge in [-0.15, -0.1) is 0 Å². The number of amides is 1. The van der Waals surface area contributed by atoms with Gasteiger partial charge < -0.3 is 15.0 Å². The Hall–Kier alpha value is -1.17. The molecule has 1 aliphatic rings. The van der Waals surface area contributed by atoms with Crippen molar-refractivity contribution in [3.05, 3.63) is 34.6 Å². The second-order valence-electron chi connectivity index (χ2n) is 4.92. The Bertz CT molecular complexity index is 478. The van der Waals surface area contributed by atoms with Crippen molar-refractivity contribution in [2.45, 2.75) is 19.0 Å². The number of rotatable bonds is 4. The lowest BCUT2D eigenvalue weighted by Gasteiger charge is -2.26. The molecule has 1 N–H and O–H groups in total. The molecule has 0 aliphatic carbocycles. The van der Waals surface area contributed by atoms with Crippen molar-refractivity contribution in [2.75, 3.05) is 26.8 Å². The van der Waals surface area contributed by atoms with Crippen LogP contribution in [0.4, 0.5) is 4.39 Å². The molecule has 1 aromatic carbocycles. The van der Waals surface area contributed by atoms with Gasteiger partial charge in [0.2, 0.25) is 5.91 Å². The molecular weight excluding hydrogens is 283 g/mol. The fourth-order valence-corrected chi connectivity index (χ4v) is 2.34. The zero-order valence-electron chi connectivity index (χ0n) is 11.4. The van der Waals surface area contributed by atoms with Crippen LogP contribution >= 0.6 is 11.6 Å². The number of nitrogens with one attached hydrogen (secondary N) is 1. The molecule has 0 bridgehead atoms. The predicted octanol–water partition coefficient (Wildman–Crippen LogP) is 1.82. The minimum atomic E-state index is -0.378. The van der Waals surface area contributed by atoms with Crippen molar-refractivity contribution < 1.29 is 13.9 Å². The third-order valence-corrected chi connectivity index (χ3v) is 3.62. The van der Waals surface area contributed by atoms with Gasteiger partial charge in [-0.05, 0) is 17.7 Å². The Kier molecular flexibility index (Phi) is 5.34.